The SMILES string of the molecule is O=C(CSc1nn(-c2ccc(Cl)c(Cl)c2)c(=S)s1)NCC(F)(F)F. The predicted molar refractivity (Wildman–Crippen MR) is 92.1 cm³/mol. The Balaban J connectivity index is 2.02. The first kappa shape index (κ1) is 19.5. The number of carbonyl (C=O) groups is 1. The molecule has 12 heteroatoms. The lowest BCUT2D eigenvalue weighted by Crippen LogP contribution is -2.34. The Kier molecular flexibility index (Phi) is 6.54. The summed E-state index contributed by atoms with van der Waals surface area (Å²) >= 11 is 19.1. The summed E-state index contributed by atoms with van der Waals surface area (Å²) in [6.45, 7) is -1.36. The van der Waals surface area contributed by atoms with E-state index >= 15 is 0 Å². The Morgan fingerprint density at radius 2 is 2.08 bits per heavy atom. The summed E-state index contributed by atoms with van der Waals surface area (Å²) in [4.78, 5) is 11.4. The summed E-state index contributed by atoms with van der Waals surface area (Å²) in [5.41, 5.74) is 0.596. The van der Waals surface area contributed by atoms with Gasteiger partial charge >= 0.3 is 6.18 Å². The van der Waals surface area contributed by atoms with Gasteiger partial charge in [-0.15, -0.1) is 5.10 Å². The summed E-state index contributed by atoms with van der Waals surface area (Å²) in [6, 6.07) is 4.86. The van der Waals surface area contributed by atoms with Gasteiger partial charge in [0, 0.05) is 0 Å². The summed E-state index contributed by atoms with van der Waals surface area (Å²) in [5.74, 6) is -0.931. The van der Waals surface area contributed by atoms with Crippen molar-refractivity contribution in [1.82, 2.24) is 15.1 Å². The van der Waals surface area contributed by atoms with Crippen molar-refractivity contribution >= 4 is 64.4 Å². The number of hydrogen-bond acceptors (Lipinski definition) is 5. The maximum Gasteiger partial charge on any atom is 0.405 e. The highest BCUT2D eigenvalue weighted by atomic mass is 35.5. The normalized spacial score (nSPS) is 11.5. The highest BCUT2D eigenvalue weighted by Crippen LogP contribution is 2.27. The van der Waals surface area contributed by atoms with Gasteiger partial charge in [-0.3, -0.25) is 4.79 Å². The number of amides is 1. The van der Waals surface area contributed by atoms with E-state index < -0.39 is 18.6 Å². The average molecular weight is 434 g/mol. The van der Waals surface area contributed by atoms with Gasteiger partial charge in [0.15, 0.2) is 8.29 Å². The van der Waals surface area contributed by atoms with E-state index in [1.165, 1.54) is 4.68 Å². The molecule has 0 unspecified atom stereocenters. The van der Waals surface area contributed by atoms with E-state index in [0.717, 1.165) is 23.1 Å². The molecule has 0 atom stereocenters. The molecule has 1 N–H and O–H groups in total. The van der Waals surface area contributed by atoms with E-state index in [9.17, 15) is 18.0 Å². The molecule has 0 fully saturated rings. The van der Waals surface area contributed by atoms with Crippen molar-refractivity contribution in [2.45, 2.75) is 10.5 Å². The second kappa shape index (κ2) is 8.05. The zero-order chi connectivity index (χ0) is 17.9. The van der Waals surface area contributed by atoms with Crippen molar-refractivity contribution in [2.24, 2.45) is 0 Å². The molecule has 0 aliphatic rings. The maximum absolute atomic E-state index is 12.0. The van der Waals surface area contributed by atoms with Gasteiger partial charge < -0.3 is 5.32 Å². The number of benzene rings is 1. The van der Waals surface area contributed by atoms with Gasteiger partial charge in [-0.2, -0.15) is 13.2 Å². The van der Waals surface area contributed by atoms with Crippen LogP contribution in [0.15, 0.2) is 22.5 Å². The Morgan fingerprint density at radius 3 is 2.71 bits per heavy atom. The zero-order valence-electron chi connectivity index (χ0n) is 11.6. The third-order valence-electron chi connectivity index (χ3n) is 2.49. The molecule has 1 aromatic heterocycles. The molecule has 1 aromatic carbocycles. The van der Waals surface area contributed by atoms with Gasteiger partial charge in [0.25, 0.3) is 0 Å². The summed E-state index contributed by atoms with van der Waals surface area (Å²) < 4.78 is 38.3. The highest BCUT2D eigenvalue weighted by Gasteiger charge is 2.27. The molecule has 2 rings (SSSR count). The molecule has 0 radical (unpaired) electrons. The van der Waals surface area contributed by atoms with E-state index in [2.05, 4.69) is 5.10 Å². The first-order chi connectivity index (χ1) is 11.2. The van der Waals surface area contributed by atoms with E-state index in [1.807, 2.05) is 0 Å². The van der Waals surface area contributed by atoms with Gasteiger partial charge in [0.1, 0.15) is 6.54 Å². The fraction of sp³-hybridized carbons (Fsp3) is 0.250. The molecule has 0 bridgehead atoms. The van der Waals surface area contributed by atoms with Gasteiger partial charge in [-0.05, 0) is 30.4 Å². The van der Waals surface area contributed by atoms with Crippen LogP contribution in [0.3, 0.4) is 0 Å². The quantitative estimate of drug-likeness (QED) is 0.546. The number of halogens is 5. The Morgan fingerprint density at radius 1 is 1.38 bits per heavy atom. The summed E-state index contributed by atoms with van der Waals surface area (Å²) in [5, 5.41) is 6.73. The molecular weight excluding hydrogens is 426 g/mol. The second-order valence-electron chi connectivity index (χ2n) is 4.32. The molecule has 0 saturated heterocycles. The fourth-order valence-electron chi connectivity index (χ4n) is 1.48. The van der Waals surface area contributed by atoms with E-state index in [0.29, 0.717) is 24.0 Å². The molecule has 0 aliphatic heterocycles. The van der Waals surface area contributed by atoms with Gasteiger partial charge in [0.05, 0.1) is 21.5 Å². The summed E-state index contributed by atoms with van der Waals surface area (Å²) in [6.07, 6.45) is -4.44. The number of carbonyl (C=O) groups excluding carboxylic acids is 1. The molecule has 1 heterocycles. The lowest BCUT2D eigenvalue weighted by molar-refractivity contribution is -0.136. The average Bonchev–Trinajstić information content (AvgIpc) is 2.86. The third-order valence-corrected chi connectivity index (χ3v) is 5.59. The lowest BCUT2D eigenvalue weighted by atomic mass is 10.3. The molecule has 1 amide bonds. The van der Waals surface area contributed by atoms with Crippen LogP contribution in [-0.4, -0.2) is 34.2 Å². The molecule has 2 aromatic rings. The maximum atomic E-state index is 12.0. The molecule has 4 nitrogen and oxygen atoms in total. The fourth-order valence-corrected chi connectivity index (χ4v) is 3.96. The Hall–Kier alpha value is -0.810. The first-order valence-corrected chi connectivity index (χ1v) is 9.14. The molecule has 24 heavy (non-hydrogen) atoms. The largest absolute Gasteiger partial charge is 0.405 e. The van der Waals surface area contributed by atoms with Crippen LogP contribution in [-0.2, 0) is 4.79 Å². The van der Waals surface area contributed by atoms with Crippen LogP contribution in [0, 0.1) is 3.95 Å². The Bertz CT molecular complexity index is 807. The standard InChI is InChI=1S/C12H8Cl2F3N3OS3/c13-7-2-1-6(3-8(7)14)20-11(22)24-10(19-20)23-4-9(21)18-5-12(15,16)17/h1-3H,4-5H2,(H,18,21). The number of thioether (sulfide) groups is 1. The van der Waals surface area contributed by atoms with Crippen LogP contribution < -0.4 is 5.32 Å². The van der Waals surface area contributed by atoms with Crippen molar-refractivity contribution in [1.29, 1.82) is 0 Å². The van der Waals surface area contributed by atoms with Crippen molar-refractivity contribution in [3.05, 3.63) is 32.2 Å². The van der Waals surface area contributed by atoms with E-state index in [-0.39, 0.29) is 5.75 Å². The minimum absolute atomic E-state index is 0.195. The van der Waals surface area contributed by atoms with Crippen molar-refractivity contribution in [3.63, 3.8) is 0 Å². The number of aromatic nitrogens is 2. The Labute approximate surface area is 158 Å². The molecule has 0 spiro atoms. The minimum atomic E-state index is -4.44. The molecular formula is C12H8Cl2F3N3OS3. The van der Waals surface area contributed by atoms with Crippen LogP contribution in [0.25, 0.3) is 5.69 Å². The smallest absolute Gasteiger partial charge is 0.346 e. The van der Waals surface area contributed by atoms with Gasteiger partial charge in [-0.1, -0.05) is 46.3 Å². The van der Waals surface area contributed by atoms with Crippen LogP contribution >= 0.6 is 58.5 Å². The van der Waals surface area contributed by atoms with E-state index in [4.69, 9.17) is 35.4 Å². The van der Waals surface area contributed by atoms with E-state index in [1.54, 1.807) is 23.5 Å². The number of alkyl halides is 3. The van der Waals surface area contributed by atoms with Crippen LogP contribution in [0.4, 0.5) is 13.2 Å². The zero-order valence-corrected chi connectivity index (χ0v) is 15.5. The van der Waals surface area contributed by atoms with Gasteiger partial charge in [0.2, 0.25) is 5.91 Å². The van der Waals surface area contributed by atoms with Crippen molar-refractivity contribution in [3.8, 4) is 5.69 Å². The van der Waals surface area contributed by atoms with Crippen molar-refractivity contribution in [2.75, 3.05) is 12.3 Å². The van der Waals surface area contributed by atoms with Crippen LogP contribution in [0.5, 0.6) is 0 Å². The highest BCUT2D eigenvalue weighted by molar-refractivity contribution is 8.01. The minimum Gasteiger partial charge on any atom is -0.346 e. The van der Waals surface area contributed by atoms with Crippen molar-refractivity contribution < 1.29 is 18.0 Å². The first-order valence-electron chi connectivity index (χ1n) is 6.17. The molecule has 0 saturated carbocycles. The monoisotopic (exact) mass is 433 g/mol. The molecule has 0 aliphatic carbocycles. The predicted octanol–water partition coefficient (Wildman–Crippen LogP) is 4.74. The number of nitrogens with one attached hydrogen (secondary N) is 1. The second-order valence-corrected chi connectivity index (χ2v) is 7.98. The van der Waals surface area contributed by atoms with Gasteiger partial charge in [-0.25, -0.2) is 4.68 Å². The topological polar surface area (TPSA) is 46.9 Å². The summed E-state index contributed by atoms with van der Waals surface area (Å²) in [7, 11) is 0. The van der Waals surface area contributed by atoms with Crippen LogP contribution in [0.1, 0.15) is 0 Å². The molecule has 130 valence electrons. The lowest BCUT2D eigenvalue weighted by Gasteiger charge is -2.07. The number of nitrogens with zero attached hydrogens (tertiary/aromatic N) is 2. The number of rotatable bonds is 5. The third kappa shape index (κ3) is 5.62. The number of hydrogen-bond donors (Lipinski definition) is 1. The van der Waals surface area contributed by atoms with Crippen LogP contribution in [0.2, 0.25) is 10.0 Å².